The van der Waals surface area contributed by atoms with Crippen LogP contribution in [-0.4, -0.2) is 24.4 Å². The van der Waals surface area contributed by atoms with Crippen LogP contribution in [0.1, 0.15) is 42.9 Å². The van der Waals surface area contributed by atoms with E-state index in [0.717, 1.165) is 11.3 Å². The Morgan fingerprint density at radius 2 is 1.71 bits per heavy atom. The van der Waals surface area contributed by atoms with E-state index >= 15 is 0 Å². The number of ether oxygens (including phenoxy) is 1. The van der Waals surface area contributed by atoms with Gasteiger partial charge in [-0.3, -0.25) is 9.59 Å². The zero-order chi connectivity index (χ0) is 22.5. The molecule has 2 amide bonds. The van der Waals surface area contributed by atoms with Gasteiger partial charge in [0.25, 0.3) is 11.8 Å². The van der Waals surface area contributed by atoms with Gasteiger partial charge in [-0.05, 0) is 55.8 Å². The fraction of sp³-hybridized carbons (Fsp3) is 0.136. The third-order valence-electron chi connectivity index (χ3n) is 4.29. The van der Waals surface area contributed by atoms with Crippen LogP contribution in [0, 0.1) is 12.7 Å². The van der Waals surface area contributed by atoms with E-state index in [1.807, 2.05) is 0 Å². The predicted octanol–water partition coefficient (Wildman–Crippen LogP) is 5.53. The summed E-state index contributed by atoms with van der Waals surface area (Å²) in [6.07, 6.45) is 0. The fourth-order valence-corrected chi connectivity index (χ4v) is 4.00. The Morgan fingerprint density at radius 1 is 1.03 bits per heavy atom. The van der Waals surface area contributed by atoms with Crippen LogP contribution in [0.15, 0.2) is 48.5 Å². The molecule has 3 aromatic rings. The van der Waals surface area contributed by atoms with Crippen molar-refractivity contribution in [2.24, 2.45) is 0 Å². The van der Waals surface area contributed by atoms with Crippen LogP contribution in [0.4, 0.5) is 15.1 Å². The molecule has 0 spiro atoms. The highest BCUT2D eigenvalue weighted by atomic mass is 35.5. The highest BCUT2D eigenvalue weighted by Gasteiger charge is 2.27. The molecule has 3 rings (SSSR count). The SMILES string of the molecule is CCOC(=O)c1c(NC(=O)c2ccc(Cl)cc2)sc(C(=O)Nc2ccccc2F)c1C. The monoisotopic (exact) mass is 460 g/mol. The van der Waals surface area contributed by atoms with E-state index in [0.29, 0.717) is 16.1 Å². The Kier molecular flexibility index (Phi) is 7.04. The predicted molar refractivity (Wildman–Crippen MR) is 119 cm³/mol. The third-order valence-corrected chi connectivity index (χ3v) is 5.75. The van der Waals surface area contributed by atoms with Crippen LogP contribution < -0.4 is 10.6 Å². The summed E-state index contributed by atoms with van der Waals surface area (Å²) < 4.78 is 19.0. The normalized spacial score (nSPS) is 10.5. The van der Waals surface area contributed by atoms with Crippen LogP contribution in [0.2, 0.25) is 5.02 Å². The summed E-state index contributed by atoms with van der Waals surface area (Å²) in [5.74, 6) is -2.35. The Labute approximate surface area is 187 Å². The van der Waals surface area contributed by atoms with Crippen molar-refractivity contribution in [1.82, 2.24) is 0 Å². The van der Waals surface area contributed by atoms with Crippen molar-refractivity contribution in [1.29, 1.82) is 0 Å². The third kappa shape index (κ3) is 5.10. The highest BCUT2D eigenvalue weighted by molar-refractivity contribution is 7.19. The fourth-order valence-electron chi connectivity index (χ4n) is 2.79. The van der Waals surface area contributed by atoms with Crippen LogP contribution in [0.25, 0.3) is 0 Å². The van der Waals surface area contributed by atoms with Crippen molar-refractivity contribution >= 4 is 51.4 Å². The molecule has 2 N–H and O–H groups in total. The topological polar surface area (TPSA) is 84.5 Å². The standard InChI is InChI=1S/C22H18ClFN2O4S/c1-3-30-22(29)17-12(2)18(20(28)25-16-7-5-4-6-15(16)24)31-21(17)26-19(27)13-8-10-14(23)11-9-13/h4-11H,3H2,1-2H3,(H,25,28)(H,26,27). The van der Waals surface area contributed by atoms with E-state index in [1.165, 1.54) is 30.3 Å². The van der Waals surface area contributed by atoms with E-state index in [9.17, 15) is 18.8 Å². The number of carbonyl (C=O) groups excluding carboxylic acids is 3. The molecule has 0 aliphatic heterocycles. The van der Waals surface area contributed by atoms with Gasteiger partial charge in [0.1, 0.15) is 10.8 Å². The molecule has 0 aliphatic carbocycles. The average molecular weight is 461 g/mol. The van der Waals surface area contributed by atoms with Crippen molar-refractivity contribution in [2.75, 3.05) is 17.2 Å². The minimum Gasteiger partial charge on any atom is -0.462 e. The first-order chi connectivity index (χ1) is 14.8. The molecule has 0 radical (unpaired) electrons. The number of benzene rings is 2. The van der Waals surface area contributed by atoms with Crippen LogP contribution in [-0.2, 0) is 4.74 Å². The second-order valence-electron chi connectivity index (χ2n) is 6.38. The van der Waals surface area contributed by atoms with Gasteiger partial charge in [0.2, 0.25) is 0 Å². The van der Waals surface area contributed by atoms with Crippen LogP contribution in [0.5, 0.6) is 0 Å². The number of nitrogens with one attached hydrogen (secondary N) is 2. The lowest BCUT2D eigenvalue weighted by Crippen LogP contribution is -2.15. The average Bonchev–Trinajstić information content (AvgIpc) is 3.06. The van der Waals surface area contributed by atoms with Gasteiger partial charge in [-0.2, -0.15) is 0 Å². The first-order valence-electron chi connectivity index (χ1n) is 9.25. The maximum atomic E-state index is 13.9. The highest BCUT2D eigenvalue weighted by Crippen LogP contribution is 2.35. The van der Waals surface area contributed by atoms with Gasteiger partial charge >= 0.3 is 5.97 Å². The molecular formula is C22H18ClFN2O4S. The Bertz CT molecular complexity index is 1140. The molecule has 2 aromatic carbocycles. The molecule has 160 valence electrons. The lowest BCUT2D eigenvalue weighted by Gasteiger charge is -2.07. The Balaban J connectivity index is 1.95. The second kappa shape index (κ2) is 9.72. The maximum absolute atomic E-state index is 13.9. The molecule has 31 heavy (non-hydrogen) atoms. The molecular weight excluding hydrogens is 443 g/mol. The van der Waals surface area contributed by atoms with Gasteiger partial charge < -0.3 is 15.4 Å². The lowest BCUT2D eigenvalue weighted by atomic mass is 10.1. The number of hydrogen-bond donors (Lipinski definition) is 2. The smallest absolute Gasteiger partial charge is 0.341 e. The summed E-state index contributed by atoms with van der Waals surface area (Å²) in [6.45, 7) is 3.34. The zero-order valence-corrected chi connectivity index (χ0v) is 18.2. The molecule has 0 unspecified atom stereocenters. The molecule has 9 heteroatoms. The van der Waals surface area contributed by atoms with Gasteiger partial charge in [-0.25, -0.2) is 9.18 Å². The first-order valence-corrected chi connectivity index (χ1v) is 10.4. The summed E-state index contributed by atoms with van der Waals surface area (Å²) >= 11 is 6.76. The Hall–Kier alpha value is -3.23. The summed E-state index contributed by atoms with van der Waals surface area (Å²) in [5, 5.41) is 5.78. The lowest BCUT2D eigenvalue weighted by molar-refractivity contribution is 0.0527. The number of anilines is 2. The zero-order valence-electron chi connectivity index (χ0n) is 16.6. The molecule has 0 fully saturated rings. The number of para-hydroxylation sites is 1. The van der Waals surface area contributed by atoms with Gasteiger partial charge in [-0.15, -0.1) is 11.3 Å². The van der Waals surface area contributed by atoms with Crippen molar-refractivity contribution in [3.8, 4) is 0 Å². The molecule has 6 nitrogen and oxygen atoms in total. The number of hydrogen-bond acceptors (Lipinski definition) is 5. The van der Waals surface area contributed by atoms with E-state index in [2.05, 4.69) is 10.6 Å². The van der Waals surface area contributed by atoms with Crippen LogP contribution >= 0.6 is 22.9 Å². The molecule has 0 atom stereocenters. The molecule has 1 aromatic heterocycles. The van der Waals surface area contributed by atoms with E-state index in [-0.39, 0.29) is 27.7 Å². The summed E-state index contributed by atoms with van der Waals surface area (Å²) in [6, 6.07) is 11.9. The molecule has 1 heterocycles. The summed E-state index contributed by atoms with van der Waals surface area (Å²) in [5.41, 5.74) is 0.726. The Morgan fingerprint density at radius 3 is 2.35 bits per heavy atom. The minimum absolute atomic E-state index is 0.00438. The van der Waals surface area contributed by atoms with E-state index in [1.54, 1.807) is 32.0 Å². The van der Waals surface area contributed by atoms with E-state index < -0.39 is 23.6 Å². The van der Waals surface area contributed by atoms with Gasteiger partial charge in [0, 0.05) is 10.6 Å². The summed E-state index contributed by atoms with van der Waals surface area (Å²) in [7, 11) is 0. The molecule has 0 saturated carbocycles. The minimum atomic E-state index is -0.674. The van der Waals surface area contributed by atoms with Crippen molar-refractivity contribution in [3.63, 3.8) is 0 Å². The maximum Gasteiger partial charge on any atom is 0.341 e. The number of carbonyl (C=O) groups is 3. The van der Waals surface area contributed by atoms with E-state index in [4.69, 9.17) is 16.3 Å². The van der Waals surface area contributed by atoms with Crippen molar-refractivity contribution in [2.45, 2.75) is 13.8 Å². The number of rotatable bonds is 6. The number of esters is 1. The van der Waals surface area contributed by atoms with Gasteiger partial charge in [0.15, 0.2) is 0 Å². The quantitative estimate of drug-likeness (QED) is 0.473. The molecule has 0 aliphatic rings. The molecule has 0 bridgehead atoms. The second-order valence-corrected chi connectivity index (χ2v) is 7.83. The van der Waals surface area contributed by atoms with Crippen molar-refractivity contribution in [3.05, 3.63) is 80.9 Å². The largest absolute Gasteiger partial charge is 0.462 e. The van der Waals surface area contributed by atoms with Crippen molar-refractivity contribution < 1.29 is 23.5 Å². The van der Waals surface area contributed by atoms with Gasteiger partial charge in [-0.1, -0.05) is 23.7 Å². The van der Waals surface area contributed by atoms with Crippen LogP contribution in [0.3, 0.4) is 0 Å². The number of thiophene rings is 1. The number of halogens is 2. The first kappa shape index (κ1) is 22.5. The summed E-state index contributed by atoms with van der Waals surface area (Å²) in [4.78, 5) is 38.1. The van der Waals surface area contributed by atoms with Gasteiger partial charge in [0.05, 0.1) is 22.7 Å². The number of amides is 2. The molecule has 0 saturated heterocycles.